The molecule has 0 radical (unpaired) electrons. The van der Waals surface area contributed by atoms with Gasteiger partial charge in [-0.2, -0.15) is 10.4 Å². The Bertz CT molecular complexity index is 1410. The number of hydrogen-bond donors (Lipinski definition) is 1. The summed E-state index contributed by atoms with van der Waals surface area (Å²) >= 11 is 0. The summed E-state index contributed by atoms with van der Waals surface area (Å²) in [4.78, 5) is 6.85. The van der Waals surface area contributed by atoms with Crippen molar-refractivity contribution in [1.82, 2.24) is 14.5 Å². The summed E-state index contributed by atoms with van der Waals surface area (Å²) in [5, 5.41) is 13.5. The average molecular weight is 504 g/mol. The first-order valence-corrected chi connectivity index (χ1v) is 12.9. The predicted molar refractivity (Wildman–Crippen MR) is 136 cm³/mol. The van der Waals surface area contributed by atoms with Crippen LogP contribution >= 0.6 is 0 Å². The maximum atomic E-state index is 14.7. The molecule has 0 aliphatic carbocycles. The van der Waals surface area contributed by atoms with Gasteiger partial charge in [0.05, 0.1) is 30.7 Å². The molecule has 0 amide bonds. The second-order valence-electron chi connectivity index (χ2n) is 10.9. The van der Waals surface area contributed by atoms with Crippen LogP contribution in [-0.2, 0) is 21.7 Å². The van der Waals surface area contributed by atoms with E-state index in [9.17, 15) is 9.65 Å². The van der Waals surface area contributed by atoms with Crippen molar-refractivity contribution in [3.8, 4) is 6.07 Å². The third-order valence-electron chi connectivity index (χ3n) is 8.15. The zero-order chi connectivity index (χ0) is 25.3. The van der Waals surface area contributed by atoms with E-state index in [-0.39, 0.29) is 23.9 Å². The van der Waals surface area contributed by atoms with Gasteiger partial charge >= 0.3 is 0 Å². The molecular weight excluding hydrogens is 473 g/mol. The van der Waals surface area contributed by atoms with Crippen LogP contribution in [0, 0.1) is 17.1 Å². The normalized spacial score (nSPS) is 25.2. The van der Waals surface area contributed by atoms with Crippen molar-refractivity contribution in [3.63, 3.8) is 0 Å². The fourth-order valence-electron chi connectivity index (χ4n) is 6.44. The van der Waals surface area contributed by atoms with Gasteiger partial charge in [0.25, 0.3) is 0 Å². The minimum atomic E-state index is -0.426. The molecule has 192 valence electrons. The third-order valence-corrected chi connectivity index (χ3v) is 8.15. The van der Waals surface area contributed by atoms with Crippen LogP contribution in [0.5, 0.6) is 0 Å². The number of aromatic nitrogens is 2. The summed E-state index contributed by atoms with van der Waals surface area (Å²) in [6, 6.07) is 12.6. The number of morpholine rings is 1. The lowest BCUT2D eigenvalue weighted by molar-refractivity contribution is -0.155. The van der Waals surface area contributed by atoms with Gasteiger partial charge in [-0.3, -0.25) is 4.90 Å². The Morgan fingerprint density at radius 1 is 1.16 bits per heavy atom. The van der Waals surface area contributed by atoms with Crippen LogP contribution in [0.4, 0.5) is 15.8 Å². The van der Waals surface area contributed by atoms with E-state index in [1.54, 1.807) is 6.07 Å². The molecule has 1 spiro atoms. The highest BCUT2D eigenvalue weighted by molar-refractivity contribution is 5.74. The SMILES string of the molecule is CC1CN(c2ccc(C#N)n3ncc(F)c23)CC(CN2CC3(C2)OCc2cc(N4CC(N)C4)ccc23)O1. The standard InChI is InChI=1S/C27H30FN7O2/c1-17-9-34(25-5-3-21(7-29)35-26(25)24(28)8-31-35)13-22(37-17)12-32-15-27(16-32)23-4-2-20(6-18(23)14-36-27)33-10-19(30)11-33/h2-6,8,17,19,22H,9-16,30H2,1H3. The minimum absolute atomic E-state index is 0.00726. The highest BCUT2D eigenvalue weighted by atomic mass is 19.1. The molecule has 0 bridgehead atoms. The maximum Gasteiger partial charge on any atom is 0.171 e. The van der Waals surface area contributed by atoms with E-state index in [1.807, 2.05) is 13.0 Å². The number of anilines is 2. The molecule has 6 heterocycles. The summed E-state index contributed by atoms with van der Waals surface area (Å²) in [6.07, 6.45) is 1.13. The molecular formula is C27H30FN7O2. The highest BCUT2D eigenvalue weighted by Crippen LogP contribution is 2.45. The number of fused-ring (bicyclic) bond motifs is 3. The second-order valence-corrected chi connectivity index (χ2v) is 10.9. The molecule has 1 aromatic carbocycles. The van der Waals surface area contributed by atoms with Crippen molar-refractivity contribution in [1.29, 1.82) is 5.26 Å². The van der Waals surface area contributed by atoms with E-state index in [1.165, 1.54) is 27.5 Å². The number of likely N-dealkylation sites (tertiary alicyclic amines) is 1. The van der Waals surface area contributed by atoms with E-state index in [2.05, 4.69) is 44.1 Å². The molecule has 3 saturated heterocycles. The van der Waals surface area contributed by atoms with Gasteiger partial charge < -0.3 is 25.0 Å². The Morgan fingerprint density at radius 3 is 2.78 bits per heavy atom. The number of halogens is 1. The van der Waals surface area contributed by atoms with Crippen molar-refractivity contribution >= 4 is 16.9 Å². The topological polar surface area (TPSA) is 95.3 Å². The number of nitriles is 1. The molecule has 2 atom stereocenters. The Labute approximate surface area is 214 Å². The second kappa shape index (κ2) is 8.39. The molecule has 7 rings (SSSR count). The van der Waals surface area contributed by atoms with E-state index in [4.69, 9.17) is 15.2 Å². The van der Waals surface area contributed by atoms with Gasteiger partial charge in [-0.1, -0.05) is 6.07 Å². The molecule has 10 heteroatoms. The van der Waals surface area contributed by atoms with Gasteiger partial charge in [-0.05, 0) is 42.3 Å². The summed E-state index contributed by atoms with van der Waals surface area (Å²) in [7, 11) is 0. The quantitative estimate of drug-likeness (QED) is 0.576. The van der Waals surface area contributed by atoms with Crippen LogP contribution in [-0.4, -0.2) is 78.6 Å². The van der Waals surface area contributed by atoms with Gasteiger partial charge in [0, 0.05) is 57.5 Å². The Morgan fingerprint density at radius 2 is 2.00 bits per heavy atom. The summed E-state index contributed by atoms with van der Waals surface area (Å²) in [5.74, 6) is -0.426. The number of pyridine rings is 1. The fourth-order valence-corrected chi connectivity index (χ4v) is 6.44. The maximum absolute atomic E-state index is 14.7. The van der Waals surface area contributed by atoms with Crippen molar-refractivity contribution in [2.24, 2.45) is 5.73 Å². The molecule has 2 aromatic heterocycles. The lowest BCUT2D eigenvalue weighted by Crippen LogP contribution is -2.62. The zero-order valence-corrected chi connectivity index (χ0v) is 20.8. The van der Waals surface area contributed by atoms with E-state index in [0.29, 0.717) is 30.9 Å². The van der Waals surface area contributed by atoms with Crippen molar-refractivity contribution < 1.29 is 13.9 Å². The molecule has 3 fully saturated rings. The summed E-state index contributed by atoms with van der Waals surface area (Å²) in [5.41, 5.74) is 10.9. The number of ether oxygens (including phenoxy) is 2. The lowest BCUT2D eigenvalue weighted by atomic mass is 9.84. The van der Waals surface area contributed by atoms with E-state index >= 15 is 0 Å². The van der Waals surface area contributed by atoms with Gasteiger partial charge in [-0.15, -0.1) is 0 Å². The minimum Gasteiger partial charge on any atom is -0.370 e. The van der Waals surface area contributed by atoms with Gasteiger partial charge in [0.15, 0.2) is 5.82 Å². The Kier molecular flexibility index (Phi) is 5.20. The number of nitrogens with two attached hydrogens (primary N) is 1. The summed E-state index contributed by atoms with van der Waals surface area (Å²) < 4.78 is 28.7. The molecule has 2 unspecified atom stereocenters. The summed E-state index contributed by atoms with van der Waals surface area (Å²) in [6.45, 7) is 8.25. The van der Waals surface area contributed by atoms with Gasteiger partial charge in [0.2, 0.25) is 0 Å². The monoisotopic (exact) mass is 503 g/mol. The molecule has 4 aliphatic rings. The molecule has 4 aliphatic heterocycles. The molecule has 37 heavy (non-hydrogen) atoms. The highest BCUT2D eigenvalue weighted by Gasteiger charge is 2.50. The lowest BCUT2D eigenvalue weighted by Gasteiger charge is -2.50. The van der Waals surface area contributed by atoms with Crippen LogP contribution in [0.2, 0.25) is 0 Å². The fraction of sp³-hybridized carbons (Fsp3) is 0.481. The zero-order valence-electron chi connectivity index (χ0n) is 20.8. The largest absolute Gasteiger partial charge is 0.370 e. The van der Waals surface area contributed by atoms with Crippen molar-refractivity contribution in [3.05, 3.63) is 59.2 Å². The van der Waals surface area contributed by atoms with Crippen molar-refractivity contribution in [2.75, 3.05) is 55.6 Å². The van der Waals surface area contributed by atoms with Gasteiger partial charge in [0.1, 0.15) is 22.9 Å². The van der Waals surface area contributed by atoms with Crippen LogP contribution in [0.25, 0.3) is 5.52 Å². The van der Waals surface area contributed by atoms with Crippen LogP contribution in [0.1, 0.15) is 23.7 Å². The first kappa shape index (κ1) is 22.9. The van der Waals surface area contributed by atoms with Crippen LogP contribution in [0.3, 0.4) is 0 Å². The van der Waals surface area contributed by atoms with E-state index in [0.717, 1.165) is 38.4 Å². The van der Waals surface area contributed by atoms with Crippen LogP contribution < -0.4 is 15.5 Å². The molecule has 2 N–H and O–H groups in total. The number of nitrogens with zero attached hydrogens (tertiary/aromatic N) is 6. The predicted octanol–water partition coefficient (Wildman–Crippen LogP) is 1.83. The van der Waals surface area contributed by atoms with Crippen molar-refractivity contribution in [2.45, 2.75) is 37.4 Å². The number of hydrogen-bond acceptors (Lipinski definition) is 8. The first-order valence-electron chi connectivity index (χ1n) is 12.9. The molecule has 9 nitrogen and oxygen atoms in total. The smallest absolute Gasteiger partial charge is 0.171 e. The van der Waals surface area contributed by atoms with Crippen LogP contribution in [0.15, 0.2) is 36.5 Å². The van der Waals surface area contributed by atoms with E-state index < -0.39 is 5.82 Å². The third kappa shape index (κ3) is 3.68. The Hall–Kier alpha value is -3.23. The number of rotatable bonds is 4. The average Bonchev–Trinajstić information content (AvgIpc) is 3.42. The Balaban J connectivity index is 1.04. The molecule has 3 aromatic rings. The number of benzene rings is 1. The first-order chi connectivity index (χ1) is 17.9. The molecule has 0 saturated carbocycles. The van der Waals surface area contributed by atoms with Gasteiger partial charge in [-0.25, -0.2) is 8.91 Å².